The third-order valence-corrected chi connectivity index (χ3v) is 7.99. The summed E-state index contributed by atoms with van der Waals surface area (Å²) in [6, 6.07) is 6.14. The lowest BCUT2D eigenvalue weighted by atomic mass is 10.6. The van der Waals surface area contributed by atoms with Crippen molar-refractivity contribution in [3.63, 3.8) is 0 Å². The van der Waals surface area contributed by atoms with Gasteiger partial charge in [0.25, 0.3) is 0 Å². The lowest BCUT2D eigenvalue weighted by Gasteiger charge is -2.02. The molecule has 0 N–H and O–H groups in total. The highest BCUT2D eigenvalue weighted by molar-refractivity contribution is 9.25. The fourth-order valence-corrected chi connectivity index (χ4v) is 9.39. The molecule has 0 aliphatic rings. The van der Waals surface area contributed by atoms with E-state index in [-0.39, 0.29) is 19.0 Å². The van der Waals surface area contributed by atoms with Crippen molar-refractivity contribution in [1.29, 1.82) is 0 Å². The molecule has 0 nitrogen and oxygen atoms in total. The molecule has 0 radical (unpaired) electrons. The van der Waals surface area contributed by atoms with Crippen molar-refractivity contribution < 1.29 is 0 Å². The molecule has 15 heavy (non-hydrogen) atoms. The van der Waals surface area contributed by atoms with Crippen LogP contribution in [0.2, 0.25) is 24.2 Å². The van der Waals surface area contributed by atoms with E-state index in [0.717, 1.165) is 0 Å². The molecule has 0 aromatic carbocycles. The van der Waals surface area contributed by atoms with Gasteiger partial charge < -0.3 is 0 Å². The molecule has 0 amide bonds. The fraction of sp³-hybridized carbons (Fsp3) is 1.00. The predicted octanol–water partition coefficient (Wildman–Crippen LogP) is 4.40. The van der Waals surface area contributed by atoms with Crippen molar-refractivity contribution in [1.82, 2.24) is 0 Å². The molecule has 0 saturated heterocycles. The minimum Gasteiger partial charge on any atom is -0.0765 e. The zero-order valence-corrected chi connectivity index (χ0v) is 18.2. The van der Waals surface area contributed by atoms with Crippen molar-refractivity contribution in [2.75, 3.05) is 0 Å². The Hall–Kier alpha value is 2.35. The van der Waals surface area contributed by atoms with Gasteiger partial charge in [0.1, 0.15) is 0 Å². The molecule has 0 saturated carbocycles. The molecule has 92 valence electrons. The molecular formula is C9H20Br4Si2. The molecule has 0 spiro atoms. The molecule has 6 heteroatoms. The topological polar surface area (TPSA) is 0 Å². The van der Waals surface area contributed by atoms with Crippen LogP contribution in [-0.4, -0.2) is 26.5 Å². The molecule has 0 aromatic heterocycles. The largest absolute Gasteiger partial charge is 0.0765 e. The minimum absolute atomic E-state index is 0.262. The Morgan fingerprint density at radius 1 is 0.667 bits per heavy atom. The van der Waals surface area contributed by atoms with Crippen LogP contribution in [0.15, 0.2) is 0 Å². The number of alkyl halides is 4. The van der Waals surface area contributed by atoms with Gasteiger partial charge >= 0.3 is 0 Å². The molecule has 0 rings (SSSR count). The molecule has 0 atom stereocenters. The first-order chi connectivity index (χ1) is 7.13. The van der Waals surface area contributed by atoms with Gasteiger partial charge in [-0.25, -0.2) is 0 Å². The third-order valence-electron chi connectivity index (χ3n) is 2.34. The van der Waals surface area contributed by atoms with Crippen LogP contribution in [0.25, 0.3) is 0 Å². The van der Waals surface area contributed by atoms with E-state index in [4.69, 9.17) is 0 Å². The summed E-state index contributed by atoms with van der Waals surface area (Å²) < 4.78 is 1.11. The van der Waals surface area contributed by atoms with Crippen molar-refractivity contribution in [3.05, 3.63) is 0 Å². The number of hydrogen-bond donors (Lipinski definition) is 0. The Bertz CT molecular complexity index is 119. The minimum atomic E-state index is 0.262. The standard InChI is InChI=1S/C9H20Br4Si2/c10-8(11)2-6-14-4-1-5-15-7-3-9(12)13/h8-9H,1-7,14-15H2. The van der Waals surface area contributed by atoms with E-state index in [1.54, 1.807) is 12.1 Å². The first kappa shape index (κ1) is 17.4. The monoisotopic (exact) mass is 500 g/mol. The molecule has 0 heterocycles. The van der Waals surface area contributed by atoms with Gasteiger partial charge in [0.05, 0.1) is 7.47 Å². The maximum Gasteiger partial charge on any atom is 0.0695 e. The Morgan fingerprint density at radius 3 is 1.40 bits per heavy atom. The van der Waals surface area contributed by atoms with Crippen LogP contribution in [-0.2, 0) is 0 Å². The Balaban J connectivity index is 2.93. The van der Waals surface area contributed by atoms with Crippen molar-refractivity contribution in [3.8, 4) is 0 Å². The normalized spacial score (nSPS) is 13.2. The molecule has 0 aromatic rings. The maximum atomic E-state index is 3.53. The predicted molar refractivity (Wildman–Crippen MR) is 93.5 cm³/mol. The van der Waals surface area contributed by atoms with Gasteiger partial charge in [-0.2, -0.15) is 0 Å². The van der Waals surface area contributed by atoms with E-state index in [1.165, 1.54) is 31.4 Å². The van der Waals surface area contributed by atoms with E-state index in [9.17, 15) is 0 Å². The first-order valence-electron chi connectivity index (χ1n) is 5.69. The van der Waals surface area contributed by atoms with E-state index < -0.39 is 0 Å². The SMILES string of the molecule is BrC(Br)CC[SiH2]CCC[SiH2]CCC(Br)Br. The third kappa shape index (κ3) is 16.4. The van der Waals surface area contributed by atoms with E-state index in [2.05, 4.69) is 63.7 Å². The summed E-state index contributed by atoms with van der Waals surface area (Å²) in [7, 11) is 0.525. The Kier molecular flexibility index (Phi) is 14.8. The summed E-state index contributed by atoms with van der Waals surface area (Å²) in [6.45, 7) is 0. The second-order valence-electron chi connectivity index (χ2n) is 3.83. The summed E-state index contributed by atoms with van der Waals surface area (Å²) in [4.78, 5) is 0. The lowest BCUT2D eigenvalue weighted by molar-refractivity contribution is 0.998. The van der Waals surface area contributed by atoms with E-state index in [0.29, 0.717) is 7.47 Å². The fourth-order valence-electron chi connectivity index (χ4n) is 1.48. The van der Waals surface area contributed by atoms with Crippen LogP contribution >= 0.6 is 63.7 Å². The highest BCUT2D eigenvalue weighted by atomic mass is 79.9. The average molecular weight is 504 g/mol. The van der Waals surface area contributed by atoms with Gasteiger partial charge in [0.2, 0.25) is 0 Å². The number of rotatable bonds is 10. The second kappa shape index (κ2) is 12.8. The van der Waals surface area contributed by atoms with Crippen LogP contribution in [0.1, 0.15) is 19.3 Å². The van der Waals surface area contributed by atoms with Gasteiger partial charge in [0.15, 0.2) is 0 Å². The highest BCUT2D eigenvalue weighted by Crippen LogP contribution is 2.16. The van der Waals surface area contributed by atoms with E-state index in [1.807, 2.05) is 0 Å². The first-order valence-corrected chi connectivity index (χ1v) is 13.4. The van der Waals surface area contributed by atoms with Gasteiger partial charge in [0, 0.05) is 19.0 Å². The zero-order chi connectivity index (χ0) is 11.5. The summed E-state index contributed by atoms with van der Waals surface area (Å²) in [6.07, 6.45) is 4.17. The Labute approximate surface area is 132 Å². The molecule has 0 fully saturated rings. The van der Waals surface area contributed by atoms with Crippen LogP contribution < -0.4 is 0 Å². The van der Waals surface area contributed by atoms with Crippen LogP contribution in [0.3, 0.4) is 0 Å². The van der Waals surface area contributed by atoms with Crippen LogP contribution in [0, 0.1) is 0 Å². The van der Waals surface area contributed by atoms with Crippen LogP contribution in [0.4, 0.5) is 0 Å². The number of hydrogen-bond acceptors (Lipinski definition) is 0. The summed E-state index contributed by atoms with van der Waals surface area (Å²) >= 11 is 14.1. The molecule has 0 aliphatic carbocycles. The Morgan fingerprint density at radius 2 is 1.07 bits per heavy atom. The van der Waals surface area contributed by atoms with Gasteiger partial charge in [-0.15, -0.1) is 0 Å². The lowest BCUT2D eigenvalue weighted by Crippen LogP contribution is -1.96. The highest BCUT2D eigenvalue weighted by Gasteiger charge is 1.99. The molecule has 0 bridgehead atoms. The van der Waals surface area contributed by atoms with Crippen LogP contribution in [0.5, 0.6) is 0 Å². The number of halogens is 4. The smallest absolute Gasteiger partial charge is 0.0695 e. The zero-order valence-electron chi connectivity index (χ0n) is 9.03. The van der Waals surface area contributed by atoms with Gasteiger partial charge in [-0.1, -0.05) is 94.3 Å². The maximum absolute atomic E-state index is 3.53. The molecule has 0 unspecified atom stereocenters. The van der Waals surface area contributed by atoms with Gasteiger partial charge in [-0.05, 0) is 12.8 Å². The molecular weight excluding hydrogens is 484 g/mol. The van der Waals surface area contributed by atoms with Gasteiger partial charge in [-0.3, -0.25) is 0 Å². The summed E-state index contributed by atoms with van der Waals surface area (Å²) in [5.74, 6) is 0. The van der Waals surface area contributed by atoms with Crippen molar-refractivity contribution >= 4 is 82.8 Å². The summed E-state index contributed by atoms with van der Waals surface area (Å²) in [5.41, 5.74) is 0. The summed E-state index contributed by atoms with van der Waals surface area (Å²) in [5, 5.41) is 0. The van der Waals surface area contributed by atoms with E-state index >= 15 is 0 Å². The second-order valence-corrected chi connectivity index (χ2v) is 15.0. The quantitative estimate of drug-likeness (QED) is 0.235. The average Bonchev–Trinajstić information content (AvgIpc) is 2.14. The molecule has 0 aliphatic heterocycles. The van der Waals surface area contributed by atoms with Crippen molar-refractivity contribution in [2.45, 2.75) is 50.9 Å². The van der Waals surface area contributed by atoms with Crippen molar-refractivity contribution in [2.24, 2.45) is 0 Å².